The molecule has 0 spiro atoms. The van der Waals surface area contributed by atoms with Crippen LogP contribution in [0.5, 0.6) is 17.2 Å². The van der Waals surface area contributed by atoms with Gasteiger partial charge in [-0.1, -0.05) is 5.16 Å². The number of carbonyl (C=O) groups excluding carboxylic acids is 1. The molecule has 1 heterocycles. The molecular weight excluding hydrogens is 276 g/mol. The molecule has 0 aliphatic heterocycles. The first-order valence-electron chi connectivity index (χ1n) is 6.13. The molecule has 0 saturated carbocycles. The predicted molar refractivity (Wildman–Crippen MR) is 75.3 cm³/mol. The van der Waals surface area contributed by atoms with Gasteiger partial charge in [0.25, 0.3) is 5.91 Å². The smallest absolute Gasteiger partial charge is 0.260 e. The van der Waals surface area contributed by atoms with Gasteiger partial charge < -0.3 is 24.1 Å². The number of carbonyl (C=O) groups is 1. The van der Waals surface area contributed by atoms with Crippen LogP contribution in [0, 0.1) is 6.92 Å². The third-order valence-corrected chi connectivity index (χ3v) is 2.82. The van der Waals surface area contributed by atoms with Crippen LogP contribution in [0.1, 0.15) is 16.1 Å². The maximum absolute atomic E-state index is 12.3. The molecule has 0 radical (unpaired) electrons. The molecule has 0 aliphatic carbocycles. The Morgan fingerprint density at radius 3 is 2.19 bits per heavy atom. The summed E-state index contributed by atoms with van der Waals surface area (Å²) in [6.45, 7) is 1.74. The predicted octanol–water partition coefficient (Wildman–Crippen LogP) is 2.26. The zero-order valence-electron chi connectivity index (χ0n) is 12.2. The monoisotopic (exact) mass is 292 g/mol. The van der Waals surface area contributed by atoms with Gasteiger partial charge in [-0.2, -0.15) is 0 Å². The molecule has 1 aromatic heterocycles. The molecule has 0 bridgehead atoms. The largest absolute Gasteiger partial charge is 0.496 e. The lowest BCUT2D eigenvalue weighted by atomic mass is 10.1. The Bertz CT molecular complexity index is 651. The zero-order valence-corrected chi connectivity index (χ0v) is 12.2. The first kappa shape index (κ1) is 14.7. The Balaban J connectivity index is 2.34. The molecule has 112 valence electrons. The van der Waals surface area contributed by atoms with E-state index >= 15 is 0 Å². The van der Waals surface area contributed by atoms with Crippen molar-refractivity contribution in [2.75, 3.05) is 26.6 Å². The van der Waals surface area contributed by atoms with Gasteiger partial charge in [-0.15, -0.1) is 0 Å². The number of benzene rings is 1. The maximum Gasteiger partial charge on any atom is 0.260 e. The fourth-order valence-corrected chi connectivity index (χ4v) is 1.82. The summed E-state index contributed by atoms with van der Waals surface area (Å²) in [6, 6.07) is 4.74. The van der Waals surface area contributed by atoms with Crippen LogP contribution in [0.3, 0.4) is 0 Å². The van der Waals surface area contributed by atoms with Crippen LogP contribution in [0.25, 0.3) is 0 Å². The van der Waals surface area contributed by atoms with Crippen molar-refractivity contribution >= 4 is 11.7 Å². The van der Waals surface area contributed by atoms with E-state index in [-0.39, 0.29) is 5.91 Å². The van der Waals surface area contributed by atoms with Crippen molar-refractivity contribution in [1.82, 2.24) is 5.16 Å². The van der Waals surface area contributed by atoms with Gasteiger partial charge in [0.05, 0.1) is 26.9 Å². The van der Waals surface area contributed by atoms with Crippen molar-refractivity contribution in [2.45, 2.75) is 6.92 Å². The van der Waals surface area contributed by atoms with E-state index in [0.717, 1.165) is 0 Å². The second-order valence-corrected chi connectivity index (χ2v) is 4.18. The van der Waals surface area contributed by atoms with Gasteiger partial charge in [0, 0.05) is 18.2 Å². The van der Waals surface area contributed by atoms with Gasteiger partial charge in [0.2, 0.25) is 0 Å². The fraction of sp³-hybridized carbons (Fsp3) is 0.286. The third-order valence-electron chi connectivity index (χ3n) is 2.82. The fourth-order valence-electron chi connectivity index (χ4n) is 1.82. The number of rotatable bonds is 5. The second-order valence-electron chi connectivity index (χ2n) is 4.18. The van der Waals surface area contributed by atoms with Crippen molar-refractivity contribution in [2.24, 2.45) is 0 Å². The minimum atomic E-state index is -0.388. The molecule has 0 atom stereocenters. The van der Waals surface area contributed by atoms with Gasteiger partial charge in [0.1, 0.15) is 11.5 Å². The van der Waals surface area contributed by atoms with E-state index in [9.17, 15) is 4.79 Å². The Kier molecular flexibility index (Phi) is 4.32. The first-order valence-corrected chi connectivity index (χ1v) is 6.13. The number of aryl methyl sites for hydroxylation is 1. The normalized spacial score (nSPS) is 10.1. The Morgan fingerprint density at radius 1 is 1.05 bits per heavy atom. The summed E-state index contributed by atoms with van der Waals surface area (Å²) >= 11 is 0. The standard InChI is InChI=1S/C14H16N2O5/c1-8-5-13(16-21-8)15-14(17)9-6-11(19-3)12(20-4)7-10(9)18-2/h5-7H,1-4H3,(H,15,16,17). The molecule has 1 amide bonds. The van der Waals surface area contributed by atoms with Crippen LogP contribution in [0.4, 0.5) is 5.82 Å². The Hall–Kier alpha value is -2.70. The Morgan fingerprint density at radius 2 is 1.67 bits per heavy atom. The lowest BCUT2D eigenvalue weighted by molar-refractivity contribution is 0.102. The minimum absolute atomic E-state index is 0.302. The highest BCUT2D eigenvalue weighted by atomic mass is 16.5. The highest BCUT2D eigenvalue weighted by molar-refractivity contribution is 6.06. The molecular formula is C14H16N2O5. The summed E-state index contributed by atoms with van der Waals surface area (Å²) in [7, 11) is 4.47. The van der Waals surface area contributed by atoms with E-state index < -0.39 is 0 Å². The number of nitrogens with zero attached hydrogens (tertiary/aromatic N) is 1. The van der Waals surface area contributed by atoms with Crippen molar-refractivity contribution < 1.29 is 23.5 Å². The number of anilines is 1. The highest BCUT2D eigenvalue weighted by Gasteiger charge is 2.18. The van der Waals surface area contributed by atoms with Crippen LogP contribution in [-0.2, 0) is 0 Å². The molecule has 1 aromatic carbocycles. The van der Waals surface area contributed by atoms with Crippen molar-refractivity contribution in [1.29, 1.82) is 0 Å². The van der Waals surface area contributed by atoms with E-state index in [1.165, 1.54) is 21.3 Å². The van der Waals surface area contributed by atoms with Gasteiger partial charge >= 0.3 is 0 Å². The summed E-state index contributed by atoms with van der Waals surface area (Å²) in [5.41, 5.74) is 0.302. The zero-order chi connectivity index (χ0) is 15.4. The number of methoxy groups -OCH3 is 3. The minimum Gasteiger partial charge on any atom is -0.496 e. The molecule has 2 aromatic rings. The van der Waals surface area contributed by atoms with Crippen LogP contribution in [-0.4, -0.2) is 32.4 Å². The number of aromatic nitrogens is 1. The molecule has 0 saturated heterocycles. The van der Waals surface area contributed by atoms with Crippen molar-refractivity contribution in [3.63, 3.8) is 0 Å². The molecule has 0 unspecified atom stereocenters. The van der Waals surface area contributed by atoms with Gasteiger partial charge in [-0.05, 0) is 6.92 Å². The highest BCUT2D eigenvalue weighted by Crippen LogP contribution is 2.34. The molecule has 2 rings (SSSR count). The SMILES string of the molecule is COc1cc(OC)c(C(=O)Nc2cc(C)on2)cc1OC. The van der Waals surface area contributed by atoms with E-state index in [4.69, 9.17) is 18.7 Å². The van der Waals surface area contributed by atoms with Crippen LogP contribution in [0.2, 0.25) is 0 Å². The number of hydrogen-bond donors (Lipinski definition) is 1. The Labute approximate surface area is 121 Å². The lowest BCUT2D eigenvalue weighted by Crippen LogP contribution is -2.14. The summed E-state index contributed by atoms with van der Waals surface area (Å²) < 4.78 is 20.5. The number of hydrogen-bond acceptors (Lipinski definition) is 6. The van der Waals surface area contributed by atoms with Crippen LogP contribution < -0.4 is 19.5 Å². The van der Waals surface area contributed by atoms with Gasteiger partial charge in [-0.25, -0.2) is 0 Å². The van der Waals surface area contributed by atoms with E-state index in [0.29, 0.717) is 34.4 Å². The van der Waals surface area contributed by atoms with Crippen molar-refractivity contribution in [3.8, 4) is 17.2 Å². The molecule has 0 aliphatic rings. The molecule has 7 nitrogen and oxygen atoms in total. The number of ether oxygens (including phenoxy) is 3. The molecule has 7 heteroatoms. The summed E-state index contributed by atoms with van der Waals surface area (Å²) in [5.74, 6) is 1.81. The third kappa shape index (κ3) is 3.07. The maximum atomic E-state index is 12.3. The van der Waals surface area contributed by atoms with E-state index in [1.807, 2.05) is 0 Å². The van der Waals surface area contributed by atoms with E-state index in [1.54, 1.807) is 25.1 Å². The average Bonchev–Trinajstić information content (AvgIpc) is 2.90. The van der Waals surface area contributed by atoms with Gasteiger partial charge in [0.15, 0.2) is 17.3 Å². The topological polar surface area (TPSA) is 82.8 Å². The van der Waals surface area contributed by atoms with E-state index in [2.05, 4.69) is 10.5 Å². The van der Waals surface area contributed by atoms with Crippen LogP contribution >= 0.6 is 0 Å². The molecule has 1 N–H and O–H groups in total. The quantitative estimate of drug-likeness (QED) is 0.910. The summed E-state index contributed by atoms with van der Waals surface area (Å²) in [5, 5.41) is 6.33. The van der Waals surface area contributed by atoms with Gasteiger partial charge in [-0.3, -0.25) is 4.79 Å². The number of amides is 1. The average molecular weight is 292 g/mol. The second kappa shape index (κ2) is 6.17. The first-order chi connectivity index (χ1) is 10.1. The van der Waals surface area contributed by atoms with Crippen molar-refractivity contribution in [3.05, 3.63) is 29.5 Å². The molecule has 21 heavy (non-hydrogen) atoms. The lowest BCUT2D eigenvalue weighted by Gasteiger charge is -2.13. The molecule has 0 fully saturated rings. The number of nitrogens with one attached hydrogen (secondary N) is 1. The van der Waals surface area contributed by atoms with Crippen LogP contribution in [0.15, 0.2) is 22.7 Å². The summed E-state index contributed by atoms with van der Waals surface area (Å²) in [6.07, 6.45) is 0. The summed E-state index contributed by atoms with van der Waals surface area (Å²) in [4.78, 5) is 12.3.